The van der Waals surface area contributed by atoms with Crippen molar-refractivity contribution in [3.05, 3.63) is 64.2 Å². The highest BCUT2D eigenvalue weighted by atomic mass is 35.5. The molecule has 142 valence electrons. The molecule has 1 amide bonds. The maximum Gasteiger partial charge on any atom is 0.228 e. The fraction of sp³-hybridized carbons (Fsp3) is 0.381. The summed E-state index contributed by atoms with van der Waals surface area (Å²) in [5, 5.41) is 3.81. The van der Waals surface area contributed by atoms with Crippen LogP contribution in [0.4, 0.5) is 5.69 Å². The van der Waals surface area contributed by atoms with Crippen LogP contribution in [0.5, 0.6) is 0 Å². The highest BCUT2D eigenvalue weighted by Crippen LogP contribution is 2.39. The number of anilines is 1. The van der Waals surface area contributed by atoms with Crippen LogP contribution < -0.4 is 11.1 Å². The molecule has 0 aliphatic carbocycles. The van der Waals surface area contributed by atoms with Crippen LogP contribution in [0.15, 0.2) is 42.5 Å². The summed E-state index contributed by atoms with van der Waals surface area (Å²) in [5.41, 5.74) is 9.69. The van der Waals surface area contributed by atoms with Crippen molar-refractivity contribution in [2.24, 2.45) is 0 Å². The van der Waals surface area contributed by atoms with Gasteiger partial charge in [0.1, 0.15) is 0 Å². The Morgan fingerprint density at radius 3 is 2.63 bits per heavy atom. The Labute approximate surface area is 169 Å². The molecule has 3 N–H and O–H groups in total. The van der Waals surface area contributed by atoms with Crippen LogP contribution in [0.1, 0.15) is 35.1 Å². The van der Waals surface area contributed by atoms with Gasteiger partial charge < -0.3 is 16.0 Å². The maximum absolute atomic E-state index is 13.0. The molecule has 1 saturated heterocycles. The normalized spacial score (nSPS) is 22.9. The predicted molar refractivity (Wildman–Crippen MR) is 113 cm³/mol. The number of carbonyl (C=O) groups excluding carboxylic acids is 1. The van der Waals surface area contributed by atoms with Crippen LogP contribution in [0, 0.1) is 0 Å². The molecule has 2 aliphatic heterocycles. The van der Waals surface area contributed by atoms with Gasteiger partial charge in [0.2, 0.25) is 5.91 Å². The smallest absolute Gasteiger partial charge is 0.228 e. The second-order valence-electron chi connectivity index (χ2n) is 7.15. The quantitative estimate of drug-likeness (QED) is 0.767. The molecule has 27 heavy (non-hydrogen) atoms. The number of thioether (sulfide) groups is 1. The Morgan fingerprint density at radius 2 is 1.85 bits per heavy atom. The van der Waals surface area contributed by atoms with E-state index in [-0.39, 0.29) is 17.9 Å². The van der Waals surface area contributed by atoms with E-state index in [0.29, 0.717) is 10.7 Å². The average molecular weight is 402 g/mol. The summed E-state index contributed by atoms with van der Waals surface area (Å²) in [7, 11) is 0. The van der Waals surface area contributed by atoms with Crippen molar-refractivity contribution < 1.29 is 4.79 Å². The summed E-state index contributed by atoms with van der Waals surface area (Å²) in [5.74, 6) is 2.32. The van der Waals surface area contributed by atoms with Gasteiger partial charge in [-0.15, -0.1) is 0 Å². The molecule has 0 spiro atoms. The van der Waals surface area contributed by atoms with Gasteiger partial charge in [-0.05, 0) is 47.9 Å². The average Bonchev–Trinajstić information content (AvgIpc) is 2.69. The number of hydrogen-bond acceptors (Lipinski definition) is 4. The third-order valence-electron chi connectivity index (χ3n) is 5.45. The van der Waals surface area contributed by atoms with Crippen molar-refractivity contribution in [1.82, 2.24) is 10.2 Å². The molecule has 2 heterocycles. The van der Waals surface area contributed by atoms with E-state index in [2.05, 4.69) is 22.3 Å². The monoisotopic (exact) mass is 401 g/mol. The van der Waals surface area contributed by atoms with Crippen LogP contribution in [0.3, 0.4) is 0 Å². The van der Waals surface area contributed by atoms with E-state index < -0.39 is 0 Å². The van der Waals surface area contributed by atoms with E-state index in [1.165, 1.54) is 11.5 Å². The Morgan fingerprint density at radius 1 is 1.11 bits per heavy atom. The Bertz CT molecular complexity index is 838. The number of fused-ring (bicyclic) bond motifs is 1. The second kappa shape index (κ2) is 8.13. The molecule has 4 nitrogen and oxygen atoms in total. The number of carbonyl (C=O) groups is 1. The molecule has 2 unspecified atom stereocenters. The zero-order valence-corrected chi connectivity index (χ0v) is 16.7. The molecule has 4 rings (SSSR count). The Kier molecular flexibility index (Phi) is 5.62. The number of nitrogen functional groups attached to an aromatic ring is 1. The summed E-state index contributed by atoms with van der Waals surface area (Å²) in [6, 6.07) is 13.4. The van der Waals surface area contributed by atoms with E-state index >= 15 is 0 Å². The molecule has 2 atom stereocenters. The lowest BCUT2D eigenvalue weighted by Gasteiger charge is -2.34. The predicted octanol–water partition coefficient (Wildman–Crippen LogP) is 3.66. The first-order chi connectivity index (χ1) is 13.1. The lowest BCUT2D eigenvalue weighted by Crippen LogP contribution is -2.41. The van der Waals surface area contributed by atoms with Crippen molar-refractivity contribution in [2.75, 3.05) is 36.9 Å². The summed E-state index contributed by atoms with van der Waals surface area (Å²) in [6.07, 6.45) is 0.838. The fourth-order valence-corrected chi connectivity index (χ4v) is 5.21. The molecule has 0 radical (unpaired) electrons. The molecule has 0 aromatic heterocycles. The van der Waals surface area contributed by atoms with E-state index in [4.69, 9.17) is 17.3 Å². The number of nitrogens with zero attached hydrogens (tertiary/aromatic N) is 1. The largest absolute Gasteiger partial charge is 0.399 e. The summed E-state index contributed by atoms with van der Waals surface area (Å²) >= 11 is 8.43. The first kappa shape index (κ1) is 18.7. The topological polar surface area (TPSA) is 58.4 Å². The SMILES string of the molecule is Nc1ccc(Cl)c(C2NC(=O)C(CCN3CCSCC3)c3ccccc32)c1. The third-order valence-corrected chi connectivity index (χ3v) is 6.74. The van der Waals surface area contributed by atoms with Gasteiger partial charge in [-0.3, -0.25) is 4.79 Å². The lowest BCUT2D eigenvalue weighted by atomic mass is 9.82. The van der Waals surface area contributed by atoms with Gasteiger partial charge in [-0.1, -0.05) is 35.9 Å². The number of nitrogens with one attached hydrogen (secondary N) is 1. The maximum atomic E-state index is 13.0. The first-order valence-corrected chi connectivity index (χ1v) is 10.9. The van der Waals surface area contributed by atoms with Gasteiger partial charge in [-0.2, -0.15) is 11.8 Å². The van der Waals surface area contributed by atoms with E-state index in [1.807, 2.05) is 30.0 Å². The summed E-state index contributed by atoms with van der Waals surface area (Å²) < 4.78 is 0. The number of benzene rings is 2. The number of rotatable bonds is 4. The van der Waals surface area contributed by atoms with Crippen LogP contribution in [0.2, 0.25) is 5.02 Å². The summed E-state index contributed by atoms with van der Waals surface area (Å²) in [4.78, 5) is 15.5. The molecule has 2 aromatic rings. The van der Waals surface area contributed by atoms with Crippen molar-refractivity contribution in [3.8, 4) is 0 Å². The first-order valence-electron chi connectivity index (χ1n) is 9.37. The molecule has 6 heteroatoms. The third kappa shape index (κ3) is 3.96. The zero-order chi connectivity index (χ0) is 18.8. The molecular formula is C21H24ClN3OS. The molecule has 1 fully saturated rings. The molecule has 0 bridgehead atoms. The highest BCUT2D eigenvalue weighted by Gasteiger charge is 2.34. The van der Waals surface area contributed by atoms with Gasteiger partial charge in [0, 0.05) is 35.3 Å². The molecule has 0 saturated carbocycles. The number of amides is 1. The van der Waals surface area contributed by atoms with E-state index in [9.17, 15) is 4.79 Å². The van der Waals surface area contributed by atoms with Gasteiger partial charge >= 0.3 is 0 Å². The standard InChI is InChI=1S/C21H24ClN3OS/c22-19-6-5-14(23)13-18(19)20-16-4-2-1-3-15(16)17(21(26)24-20)7-8-25-9-11-27-12-10-25/h1-6,13,17,20H,7-12,23H2,(H,24,26). The van der Waals surface area contributed by atoms with Crippen LogP contribution in [0.25, 0.3) is 0 Å². The van der Waals surface area contributed by atoms with Gasteiger partial charge in [0.15, 0.2) is 0 Å². The minimum Gasteiger partial charge on any atom is -0.399 e. The molecular weight excluding hydrogens is 378 g/mol. The fourth-order valence-electron chi connectivity index (χ4n) is 4.00. The van der Waals surface area contributed by atoms with Crippen molar-refractivity contribution in [2.45, 2.75) is 18.4 Å². The van der Waals surface area contributed by atoms with Gasteiger partial charge in [0.25, 0.3) is 0 Å². The molecule has 2 aromatic carbocycles. The van der Waals surface area contributed by atoms with Gasteiger partial charge in [0.05, 0.1) is 12.0 Å². The van der Waals surface area contributed by atoms with Crippen molar-refractivity contribution in [1.29, 1.82) is 0 Å². The summed E-state index contributed by atoms with van der Waals surface area (Å²) in [6.45, 7) is 3.18. The van der Waals surface area contributed by atoms with Gasteiger partial charge in [-0.25, -0.2) is 0 Å². The molecule has 2 aliphatic rings. The van der Waals surface area contributed by atoms with E-state index in [1.54, 1.807) is 12.1 Å². The number of nitrogens with two attached hydrogens (primary N) is 1. The van der Waals surface area contributed by atoms with E-state index in [0.717, 1.165) is 42.7 Å². The number of hydrogen-bond donors (Lipinski definition) is 2. The van der Waals surface area contributed by atoms with Crippen molar-refractivity contribution >= 4 is 35.0 Å². The Balaban J connectivity index is 1.62. The van der Waals surface area contributed by atoms with Crippen LogP contribution in [-0.2, 0) is 4.79 Å². The van der Waals surface area contributed by atoms with Crippen molar-refractivity contribution in [3.63, 3.8) is 0 Å². The minimum atomic E-state index is -0.257. The minimum absolute atomic E-state index is 0.0728. The lowest BCUT2D eigenvalue weighted by molar-refractivity contribution is -0.124. The van der Waals surface area contributed by atoms with Crippen LogP contribution in [-0.4, -0.2) is 41.9 Å². The highest BCUT2D eigenvalue weighted by molar-refractivity contribution is 7.99. The number of halogens is 1. The second-order valence-corrected chi connectivity index (χ2v) is 8.78. The Hall–Kier alpha value is -1.69. The van der Waals surface area contributed by atoms with Crippen LogP contribution >= 0.6 is 23.4 Å². The zero-order valence-electron chi connectivity index (χ0n) is 15.2.